The molecule has 1 unspecified atom stereocenters. The van der Waals surface area contributed by atoms with E-state index in [1.54, 1.807) is 24.1 Å². The molecule has 96 valence electrons. The highest BCUT2D eigenvalue weighted by Crippen LogP contribution is 2.11. The molecule has 0 fully saturated rings. The van der Waals surface area contributed by atoms with Crippen molar-refractivity contribution in [2.24, 2.45) is 18.7 Å². The number of hydrogen-bond donors (Lipinski definition) is 1. The number of carbonyl (C=O) groups is 1. The summed E-state index contributed by atoms with van der Waals surface area (Å²) in [7, 11) is 1.78. The maximum absolute atomic E-state index is 11.6. The number of aryl methyl sites for hydroxylation is 1. The fourth-order valence-electron chi connectivity index (χ4n) is 1.49. The average Bonchev–Trinajstić information content (AvgIpc) is 2.69. The van der Waals surface area contributed by atoms with Gasteiger partial charge in [0.2, 0.25) is 0 Å². The molecule has 2 N–H and O–H groups in total. The Hall–Kier alpha value is -1.36. The highest BCUT2D eigenvalue weighted by atomic mass is 16.5. The molecule has 1 aromatic rings. The quantitative estimate of drug-likeness (QED) is 0.601. The predicted octanol–water partition coefficient (Wildman–Crippen LogP) is 1.40. The van der Waals surface area contributed by atoms with E-state index < -0.39 is 6.04 Å². The van der Waals surface area contributed by atoms with Crippen LogP contribution in [0.1, 0.15) is 38.3 Å². The zero-order valence-electron chi connectivity index (χ0n) is 10.7. The van der Waals surface area contributed by atoms with Crippen molar-refractivity contribution in [2.45, 2.75) is 32.7 Å². The molecule has 0 amide bonds. The molecular weight excluding hydrogens is 218 g/mol. The van der Waals surface area contributed by atoms with Crippen molar-refractivity contribution in [1.82, 2.24) is 9.78 Å². The molecule has 5 heteroatoms. The van der Waals surface area contributed by atoms with Gasteiger partial charge in [-0.05, 0) is 18.8 Å². The Morgan fingerprint density at radius 3 is 2.82 bits per heavy atom. The molecular formula is C12H21N3O2. The van der Waals surface area contributed by atoms with Crippen LogP contribution in [0.25, 0.3) is 0 Å². The lowest BCUT2D eigenvalue weighted by Crippen LogP contribution is -2.23. The van der Waals surface area contributed by atoms with Gasteiger partial charge in [-0.2, -0.15) is 5.10 Å². The SMILES string of the molecule is CC(C)CCCOC(=O)C(N)c1cnn(C)c1. The van der Waals surface area contributed by atoms with Crippen LogP contribution >= 0.6 is 0 Å². The van der Waals surface area contributed by atoms with E-state index in [0.717, 1.165) is 12.8 Å². The summed E-state index contributed by atoms with van der Waals surface area (Å²) in [4.78, 5) is 11.6. The van der Waals surface area contributed by atoms with Gasteiger partial charge in [-0.15, -0.1) is 0 Å². The lowest BCUT2D eigenvalue weighted by Gasteiger charge is -2.10. The lowest BCUT2D eigenvalue weighted by atomic mass is 10.1. The molecule has 0 spiro atoms. The lowest BCUT2D eigenvalue weighted by molar-refractivity contribution is -0.145. The fourth-order valence-corrected chi connectivity index (χ4v) is 1.49. The summed E-state index contributed by atoms with van der Waals surface area (Å²) < 4.78 is 6.73. The number of hydrogen-bond acceptors (Lipinski definition) is 4. The van der Waals surface area contributed by atoms with Gasteiger partial charge in [0.25, 0.3) is 0 Å². The minimum absolute atomic E-state index is 0.387. The summed E-state index contributed by atoms with van der Waals surface area (Å²) in [6, 6.07) is -0.734. The monoisotopic (exact) mass is 239 g/mol. The summed E-state index contributed by atoms with van der Waals surface area (Å²) in [5.74, 6) is 0.238. The molecule has 1 heterocycles. The Balaban J connectivity index is 2.32. The second-order valence-electron chi connectivity index (χ2n) is 4.63. The van der Waals surface area contributed by atoms with E-state index in [9.17, 15) is 4.79 Å². The molecule has 0 aliphatic carbocycles. The summed E-state index contributed by atoms with van der Waals surface area (Å²) in [6.07, 6.45) is 5.23. The third kappa shape index (κ3) is 4.56. The largest absolute Gasteiger partial charge is 0.464 e. The van der Waals surface area contributed by atoms with Crippen molar-refractivity contribution in [3.05, 3.63) is 18.0 Å². The van der Waals surface area contributed by atoms with E-state index in [1.807, 2.05) is 0 Å². The summed E-state index contributed by atoms with van der Waals surface area (Å²) in [5, 5.41) is 3.97. The Morgan fingerprint density at radius 1 is 1.59 bits per heavy atom. The van der Waals surface area contributed by atoms with Crippen LogP contribution in [0.4, 0.5) is 0 Å². The van der Waals surface area contributed by atoms with Crippen LogP contribution in [-0.2, 0) is 16.6 Å². The summed E-state index contributed by atoms with van der Waals surface area (Å²) in [5.41, 5.74) is 6.45. The first-order chi connectivity index (χ1) is 8.00. The average molecular weight is 239 g/mol. The topological polar surface area (TPSA) is 70.1 Å². The fraction of sp³-hybridized carbons (Fsp3) is 0.667. The van der Waals surface area contributed by atoms with Gasteiger partial charge >= 0.3 is 5.97 Å². The highest BCUT2D eigenvalue weighted by molar-refractivity contribution is 5.77. The van der Waals surface area contributed by atoms with Crippen LogP contribution in [0, 0.1) is 5.92 Å². The highest BCUT2D eigenvalue weighted by Gasteiger charge is 2.18. The van der Waals surface area contributed by atoms with Crippen molar-refractivity contribution < 1.29 is 9.53 Å². The first-order valence-electron chi connectivity index (χ1n) is 5.91. The van der Waals surface area contributed by atoms with E-state index in [1.165, 1.54) is 0 Å². The molecule has 0 saturated heterocycles. The maximum atomic E-state index is 11.6. The van der Waals surface area contributed by atoms with E-state index >= 15 is 0 Å². The smallest absolute Gasteiger partial charge is 0.327 e. The maximum Gasteiger partial charge on any atom is 0.327 e. The third-order valence-corrected chi connectivity index (χ3v) is 2.51. The minimum Gasteiger partial charge on any atom is -0.464 e. The van der Waals surface area contributed by atoms with E-state index in [-0.39, 0.29) is 5.97 Å². The van der Waals surface area contributed by atoms with Gasteiger partial charge in [0, 0.05) is 18.8 Å². The van der Waals surface area contributed by atoms with Crippen molar-refractivity contribution >= 4 is 5.97 Å². The Morgan fingerprint density at radius 2 is 2.29 bits per heavy atom. The number of nitrogens with two attached hydrogens (primary N) is 1. The van der Waals surface area contributed by atoms with Gasteiger partial charge in [0.15, 0.2) is 0 Å². The van der Waals surface area contributed by atoms with Crippen molar-refractivity contribution in [1.29, 1.82) is 0 Å². The van der Waals surface area contributed by atoms with Gasteiger partial charge in [0.05, 0.1) is 12.8 Å². The van der Waals surface area contributed by atoms with Gasteiger partial charge in [-0.25, -0.2) is 4.79 Å². The van der Waals surface area contributed by atoms with Crippen LogP contribution in [0.2, 0.25) is 0 Å². The molecule has 0 saturated carbocycles. The molecule has 0 aliphatic heterocycles. The summed E-state index contributed by atoms with van der Waals surface area (Å²) >= 11 is 0. The van der Waals surface area contributed by atoms with E-state index in [0.29, 0.717) is 18.1 Å². The summed E-state index contributed by atoms with van der Waals surface area (Å²) in [6.45, 7) is 4.72. The van der Waals surface area contributed by atoms with Crippen molar-refractivity contribution in [3.63, 3.8) is 0 Å². The number of esters is 1. The standard InChI is InChI=1S/C12H21N3O2/c1-9(2)5-4-6-17-12(16)11(13)10-7-14-15(3)8-10/h7-9,11H,4-6,13H2,1-3H3. The predicted molar refractivity (Wildman–Crippen MR) is 65.2 cm³/mol. The number of aromatic nitrogens is 2. The number of carbonyl (C=O) groups excluding carboxylic acids is 1. The van der Waals surface area contributed by atoms with Crippen LogP contribution in [-0.4, -0.2) is 22.4 Å². The van der Waals surface area contributed by atoms with Crippen molar-refractivity contribution in [2.75, 3.05) is 6.61 Å². The van der Waals surface area contributed by atoms with E-state index in [4.69, 9.17) is 10.5 Å². The Labute approximate surface area is 102 Å². The Bertz CT molecular complexity index is 360. The normalized spacial score (nSPS) is 12.8. The number of ether oxygens (including phenoxy) is 1. The van der Waals surface area contributed by atoms with Crippen LogP contribution in [0.3, 0.4) is 0 Å². The zero-order chi connectivity index (χ0) is 12.8. The molecule has 0 aliphatic rings. The van der Waals surface area contributed by atoms with E-state index in [2.05, 4.69) is 18.9 Å². The second kappa shape index (κ2) is 6.39. The molecule has 0 aromatic carbocycles. The Kier molecular flexibility index (Phi) is 5.15. The van der Waals surface area contributed by atoms with Crippen LogP contribution in [0.5, 0.6) is 0 Å². The molecule has 17 heavy (non-hydrogen) atoms. The first-order valence-corrected chi connectivity index (χ1v) is 5.91. The van der Waals surface area contributed by atoms with Crippen LogP contribution in [0.15, 0.2) is 12.4 Å². The molecule has 1 atom stereocenters. The van der Waals surface area contributed by atoms with Gasteiger partial charge in [-0.1, -0.05) is 13.8 Å². The number of nitrogens with zero attached hydrogens (tertiary/aromatic N) is 2. The zero-order valence-corrected chi connectivity index (χ0v) is 10.7. The molecule has 0 bridgehead atoms. The molecule has 5 nitrogen and oxygen atoms in total. The third-order valence-electron chi connectivity index (χ3n) is 2.51. The first kappa shape index (κ1) is 13.7. The minimum atomic E-state index is -0.734. The van der Waals surface area contributed by atoms with Crippen molar-refractivity contribution in [3.8, 4) is 0 Å². The van der Waals surface area contributed by atoms with Crippen LogP contribution < -0.4 is 5.73 Å². The second-order valence-corrected chi connectivity index (χ2v) is 4.63. The molecule has 1 rings (SSSR count). The van der Waals surface area contributed by atoms with Gasteiger partial charge in [0.1, 0.15) is 6.04 Å². The van der Waals surface area contributed by atoms with Gasteiger partial charge in [-0.3, -0.25) is 4.68 Å². The number of rotatable bonds is 6. The molecule has 0 radical (unpaired) electrons. The van der Waals surface area contributed by atoms with Gasteiger partial charge < -0.3 is 10.5 Å². The molecule has 1 aromatic heterocycles.